The number of nitrogens with zero attached hydrogens (tertiary/aromatic N) is 6. The number of carbonyl (C=O) groups is 2. The number of halogens is 2. The van der Waals surface area contributed by atoms with Gasteiger partial charge in [-0.25, -0.2) is 18.3 Å². The molecule has 1 N–H and O–H groups in total. The molecule has 1 aliphatic rings. The van der Waals surface area contributed by atoms with Crippen LogP contribution in [0.4, 0.5) is 14.5 Å². The number of nitrogens with one attached hydrogen (secondary N) is 1. The van der Waals surface area contributed by atoms with E-state index in [1.165, 1.54) is 20.3 Å². The summed E-state index contributed by atoms with van der Waals surface area (Å²) in [6.45, 7) is -0.0381. The van der Waals surface area contributed by atoms with Crippen molar-refractivity contribution in [1.29, 1.82) is 0 Å². The zero-order valence-electron chi connectivity index (χ0n) is 20.6. The molecule has 1 fully saturated rings. The number of amides is 2. The predicted molar refractivity (Wildman–Crippen MR) is 134 cm³/mol. The highest BCUT2D eigenvalue weighted by Gasteiger charge is 2.27. The molecule has 9 nitrogen and oxygen atoms in total. The van der Waals surface area contributed by atoms with E-state index in [1.54, 1.807) is 50.9 Å². The van der Waals surface area contributed by atoms with Gasteiger partial charge in [0.2, 0.25) is 12.3 Å². The molecule has 1 aromatic carbocycles. The van der Waals surface area contributed by atoms with E-state index in [2.05, 4.69) is 20.5 Å². The number of likely N-dealkylation sites (N-methyl/N-ethyl adjacent to an activating group) is 1. The summed E-state index contributed by atoms with van der Waals surface area (Å²) in [4.78, 5) is 31.4. The summed E-state index contributed by atoms with van der Waals surface area (Å²) >= 11 is 0. The third-order valence-electron chi connectivity index (χ3n) is 6.64. The summed E-state index contributed by atoms with van der Waals surface area (Å²) in [5.41, 5.74) is 3.65. The van der Waals surface area contributed by atoms with Crippen LogP contribution in [0.15, 0.2) is 49.1 Å². The Morgan fingerprint density at radius 1 is 1.24 bits per heavy atom. The van der Waals surface area contributed by atoms with Crippen LogP contribution in [0, 0.1) is 0 Å². The van der Waals surface area contributed by atoms with Gasteiger partial charge >= 0.3 is 0 Å². The Kier molecular flexibility index (Phi) is 6.68. The van der Waals surface area contributed by atoms with E-state index in [-0.39, 0.29) is 30.4 Å². The molecule has 0 spiro atoms. The monoisotopic (exact) mass is 507 g/mol. The zero-order valence-corrected chi connectivity index (χ0v) is 20.6. The average molecular weight is 508 g/mol. The predicted octanol–water partition coefficient (Wildman–Crippen LogP) is 4.01. The maximum atomic E-state index is 13.3. The smallest absolute Gasteiger partial charge is 0.261 e. The van der Waals surface area contributed by atoms with Crippen LogP contribution in [0.5, 0.6) is 0 Å². The molecule has 192 valence electrons. The van der Waals surface area contributed by atoms with Crippen molar-refractivity contribution in [3.8, 4) is 11.3 Å². The number of aromatic nitrogens is 5. The Morgan fingerprint density at radius 3 is 2.76 bits per heavy atom. The van der Waals surface area contributed by atoms with Gasteiger partial charge in [-0.2, -0.15) is 10.2 Å². The van der Waals surface area contributed by atoms with E-state index in [9.17, 15) is 18.4 Å². The van der Waals surface area contributed by atoms with Gasteiger partial charge in [0.05, 0.1) is 11.9 Å². The Labute approximate surface area is 212 Å². The van der Waals surface area contributed by atoms with E-state index in [0.717, 1.165) is 24.8 Å². The standard InChI is InChI=1S/C26H27F2N7O2/c1-33(2)23(36)15-34-14-21(31-26(37)20-13-30-35-10-4-9-29-25(20)35)24(32-34)19-11-16(12-22(27)28)7-8-18(19)17-5-3-6-17/h4,7-11,13-14,17,22H,3,5-6,12,15H2,1-2H3,(H,31,37). The lowest BCUT2D eigenvalue weighted by Crippen LogP contribution is -2.26. The first-order chi connectivity index (χ1) is 17.8. The molecular weight excluding hydrogens is 480 g/mol. The Morgan fingerprint density at radius 2 is 2.05 bits per heavy atom. The van der Waals surface area contributed by atoms with E-state index in [4.69, 9.17) is 0 Å². The number of rotatable bonds is 8. The van der Waals surface area contributed by atoms with Crippen LogP contribution in [0.2, 0.25) is 0 Å². The Bertz CT molecular complexity index is 1460. The number of alkyl halides is 2. The molecule has 0 saturated heterocycles. The van der Waals surface area contributed by atoms with Crippen molar-refractivity contribution < 1.29 is 18.4 Å². The van der Waals surface area contributed by atoms with E-state index in [0.29, 0.717) is 28.2 Å². The number of anilines is 1. The van der Waals surface area contributed by atoms with Gasteiger partial charge < -0.3 is 10.2 Å². The molecule has 37 heavy (non-hydrogen) atoms. The fraction of sp³-hybridized carbons (Fsp3) is 0.346. The zero-order chi connectivity index (χ0) is 26.1. The first kappa shape index (κ1) is 24.5. The molecule has 5 rings (SSSR count). The molecule has 3 aromatic heterocycles. The molecule has 1 aliphatic carbocycles. The van der Waals surface area contributed by atoms with Crippen LogP contribution in [-0.4, -0.2) is 61.6 Å². The minimum absolute atomic E-state index is 0.0381. The molecule has 0 unspecified atom stereocenters. The second-order valence-electron chi connectivity index (χ2n) is 9.42. The van der Waals surface area contributed by atoms with Crippen LogP contribution in [0.1, 0.15) is 46.7 Å². The summed E-state index contributed by atoms with van der Waals surface area (Å²) in [5, 5.41) is 11.7. The lowest BCUT2D eigenvalue weighted by atomic mass is 9.77. The molecule has 0 bridgehead atoms. The third-order valence-corrected chi connectivity index (χ3v) is 6.64. The summed E-state index contributed by atoms with van der Waals surface area (Å²) in [5.74, 6) is -0.330. The maximum Gasteiger partial charge on any atom is 0.261 e. The Balaban J connectivity index is 1.58. The van der Waals surface area contributed by atoms with Crippen LogP contribution in [0.3, 0.4) is 0 Å². The maximum absolute atomic E-state index is 13.3. The van der Waals surface area contributed by atoms with Gasteiger partial charge in [-0.3, -0.25) is 14.3 Å². The van der Waals surface area contributed by atoms with Crippen LogP contribution in [0.25, 0.3) is 16.9 Å². The molecule has 0 atom stereocenters. The van der Waals surface area contributed by atoms with Crippen molar-refractivity contribution in [1.82, 2.24) is 29.3 Å². The summed E-state index contributed by atoms with van der Waals surface area (Å²) < 4.78 is 29.4. The highest BCUT2D eigenvalue weighted by atomic mass is 19.3. The van der Waals surface area contributed by atoms with Crippen LogP contribution < -0.4 is 5.32 Å². The topological polar surface area (TPSA) is 97.4 Å². The number of carbonyl (C=O) groups excluding carboxylic acids is 2. The minimum atomic E-state index is -2.49. The van der Waals surface area contributed by atoms with Gasteiger partial charge in [-0.1, -0.05) is 18.6 Å². The van der Waals surface area contributed by atoms with Gasteiger partial charge in [0.15, 0.2) is 5.65 Å². The van der Waals surface area contributed by atoms with Crippen molar-refractivity contribution in [3.05, 3.63) is 65.7 Å². The first-order valence-electron chi connectivity index (χ1n) is 12.1. The van der Waals surface area contributed by atoms with E-state index >= 15 is 0 Å². The minimum Gasteiger partial charge on any atom is -0.347 e. The highest BCUT2D eigenvalue weighted by Crippen LogP contribution is 2.43. The van der Waals surface area contributed by atoms with Crippen LogP contribution in [-0.2, 0) is 17.8 Å². The van der Waals surface area contributed by atoms with Crippen molar-refractivity contribution in [3.63, 3.8) is 0 Å². The molecular formula is C26H27F2N7O2. The molecule has 0 radical (unpaired) electrons. The quantitative estimate of drug-likeness (QED) is 0.389. The van der Waals surface area contributed by atoms with Crippen molar-refractivity contribution in [2.24, 2.45) is 0 Å². The summed E-state index contributed by atoms with van der Waals surface area (Å²) in [6, 6.07) is 7.06. The van der Waals surface area contributed by atoms with Crippen molar-refractivity contribution in [2.75, 3.05) is 19.4 Å². The van der Waals surface area contributed by atoms with Crippen molar-refractivity contribution in [2.45, 2.75) is 44.6 Å². The number of benzene rings is 1. The lowest BCUT2D eigenvalue weighted by Gasteiger charge is -2.28. The fourth-order valence-electron chi connectivity index (χ4n) is 4.44. The van der Waals surface area contributed by atoms with Gasteiger partial charge in [-0.15, -0.1) is 0 Å². The second kappa shape index (κ2) is 10.1. The molecule has 11 heteroatoms. The van der Waals surface area contributed by atoms with Gasteiger partial charge in [0.25, 0.3) is 5.91 Å². The largest absolute Gasteiger partial charge is 0.347 e. The number of hydrogen-bond acceptors (Lipinski definition) is 5. The van der Waals surface area contributed by atoms with Gasteiger partial charge in [-0.05, 0) is 42.0 Å². The van der Waals surface area contributed by atoms with Gasteiger partial charge in [0, 0.05) is 44.7 Å². The molecule has 2 amide bonds. The van der Waals surface area contributed by atoms with Crippen molar-refractivity contribution >= 4 is 23.1 Å². The van der Waals surface area contributed by atoms with E-state index < -0.39 is 12.3 Å². The molecule has 3 heterocycles. The SMILES string of the molecule is CN(C)C(=O)Cn1cc(NC(=O)c2cnn3cccnc23)c(-c2cc(CC(F)F)ccc2C2CCC2)n1. The Hall–Kier alpha value is -4.15. The normalized spacial score (nSPS) is 13.6. The summed E-state index contributed by atoms with van der Waals surface area (Å²) in [7, 11) is 3.30. The number of fused-ring (bicyclic) bond motifs is 1. The lowest BCUT2D eigenvalue weighted by molar-refractivity contribution is -0.129. The van der Waals surface area contributed by atoms with E-state index in [1.807, 2.05) is 6.07 Å². The van der Waals surface area contributed by atoms with Gasteiger partial charge in [0.1, 0.15) is 17.8 Å². The average Bonchev–Trinajstić information content (AvgIpc) is 3.42. The molecule has 0 aliphatic heterocycles. The number of hydrogen-bond donors (Lipinski definition) is 1. The van der Waals surface area contributed by atoms with Crippen LogP contribution >= 0.6 is 0 Å². The molecule has 1 saturated carbocycles. The second-order valence-corrected chi connectivity index (χ2v) is 9.42. The third kappa shape index (κ3) is 5.07. The molecule has 4 aromatic rings. The summed E-state index contributed by atoms with van der Waals surface area (Å²) in [6.07, 6.45) is 6.51. The fourth-order valence-corrected chi connectivity index (χ4v) is 4.44. The first-order valence-corrected chi connectivity index (χ1v) is 12.1. The highest BCUT2D eigenvalue weighted by molar-refractivity contribution is 6.09.